The molecule has 0 unspecified atom stereocenters. The van der Waals surface area contributed by atoms with Gasteiger partial charge >= 0.3 is 0 Å². The number of aromatic nitrogens is 1. The number of fused-ring (bicyclic) bond motifs is 1. The molecular weight excluding hydrogens is 246 g/mol. The van der Waals surface area contributed by atoms with E-state index in [0.717, 1.165) is 0 Å². The van der Waals surface area contributed by atoms with Crippen molar-refractivity contribution in [2.45, 2.75) is 6.92 Å². The smallest absolute Gasteiger partial charge is 0.211 e. The summed E-state index contributed by atoms with van der Waals surface area (Å²) in [7, 11) is 0. The lowest BCUT2D eigenvalue weighted by Crippen LogP contribution is -2.09. The summed E-state index contributed by atoms with van der Waals surface area (Å²) in [5.41, 5.74) is 0.579. The molecular formula is C13H11N3O3. The number of hydrogen-bond donors (Lipinski definition) is 2. The van der Waals surface area contributed by atoms with Gasteiger partial charge in [-0.3, -0.25) is 9.59 Å². The molecule has 2 aromatic rings. The molecule has 0 spiro atoms. The minimum atomic E-state index is -0.381. The van der Waals surface area contributed by atoms with Crippen LogP contribution in [0.15, 0.2) is 23.1 Å². The van der Waals surface area contributed by atoms with Gasteiger partial charge in [-0.2, -0.15) is 5.26 Å². The third-order valence-corrected chi connectivity index (χ3v) is 2.62. The lowest BCUT2D eigenvalue weighted by Gasteiger charge is -2.10. The van der Waals surface area contributed by atoms with E-state index in [0.29, 0.717) is 35.4 Å². The van der Waals surface area contributed by atoms with Gasteiger partial charge < -0.3 is 15.0 Å². The number of ether oxygens (including phenoxy) is 1. The van der Waals surface area contributed by atoms with Crippen LogP contribution in [0.4, 0.5) is 5.69 Å². The molecule has 0 aliphatic heterocycles. The Morgan fingerprint density at radius 3 is 2.95 bits per heavy atom. The van der Waals surface area contributed by atoms with Crippen molar-refractivity contribution in [3.05, 3.63) is 34.1 Å². The third-order valence-electron chi connectivity index (χ3n) is 2.62. The van der Waals surface area contributed by atoms with Gasteiger partial charge in [-0.25, -0.2) is 0 Å². The zero-order valence-corrected chi connectivity index (χ0v) is 10.2. The lowest BCUT2D eigenvalue weighted by atomic mass is 10.1. The van der Waals surface area contributed by atoms with Crippen LogP contribution in [0.25, 0.3) is 10.9 Å². The fraction of sp³-hybridized carbons (Fsp3) is 0.154. The maximum Gasteiger partial charge on any atom is 0.211 e. The first-order valence-corrected chi connectivity index (χ1v) is 5.63. The number of nitrogens with zero attached hydrogens (tertiary/aromatic N) is 1. The number of nitriles is 1. The van der Waals surface area contributed by atoms with Gasteiger partial charge in [0.2, 0.25) is 11.8 Å². The molecule has 1 amide bonds. The van der Waals surface area contributed by atoms with Gasteiger partial charge in [0, 0.05) is 17.6 Å². The molecule has 96 valence electrons. The Hall–Kier alpha value is -2.81. The minimum Gasteiger partial charge on any atom is -0.492 e. The zero-order chi connectivity index (χ0) is 13.8. The molecule has 0 aliphatic carbocycles. The van der Waals surface area contributed by atoms with Crippen molar-refractivity contribution in [2.75, 3.05) is 11.9 Å². The maximum absolute atomic E-state index is 12.0. The second-order valence-electron chi connectivity index (χ2n) is 3.73. The highest BCUT2D eigenvalue weighted by Crippen LogP contribution is 2.28. The number of carbonyl (C=O) groups excluding carboxylic acids is 1. The number of pyridine rings is 1. The number of amides is 1. The van der Waals surface area contributed by atoms with E-state index in [1.807, 2.05) is 13.0 Å². The first-order valence-electron chi connectivity index (χ1n) is 5.63. The van der Waals surface area contributed by atoms with Crippen LogP contribution in [0.3, 0.4) is 0 Å². The monoisotopic (exact) mass is 257 g/mol. The summed E-state index contributed by atoms with van der Waals surface area (Å²) in [6, 6.07) is 4.93. The zero-order valence-electron chi connectivity index (χ0n) is 10.2. The van der Waals surface area contributed by atoms with Crippen molar-refractivity contribution in [2.24, 2.45) is 0 Å². The van der Waals surface area contributed by atoms with Gasteiger partial charge in [0.15, 0.2) is 0 Å². The van der Waals surface area contributed by atoms with Gasteiger partial charge in [0.05, 0.1) is 17.8 Å². The highest BCUT2D eigenvalue weighted by atomic mass is 16.5. The Balaban J connectivity index is 2.74. The van der Waals surface area contributed by atoms with E-state index in [9.17, 15) is 9.59 Å². The standard InChI is InChI=1S/C13H11N3O3/c1-2-19-12-4-10-9(3-11(12)16-7-17)13(18)8(5-14)6-15-10/h3-4,6-7H,2H2,1H3,(H,15,18)(H,16,17). The van der Waals surface area contributed by atoms with E-state index in [2.05, 4.69) is 10.3 Å². The number of anilines is 1. The Kier molecular flexibility index (Phi) is 3.48. The number of hydrogen-bond acceptors (Lipinski definition) is 4. The molecule has 6 heteroatoms. The molecule has 0 saturated heterocycles. The number of nitrogens with one attached hydrogen (secondary N) is 2. The van der Waals surface area contributed by atoms with Gasteiger partial charge in [0.1, 0.15) is 17.4 Å². The van der Waals surface area contributed by atoms with Gasteiger partial charge in [-0.05, 0) is 13.0 Å². The molecule has 0 atom stereocenters. The first-order chi connectivity index (χ1) is 9.21. The van der Waals surface area contributed by atoms with E-state index in [-0.39, 0.29) is 11.0 Å². The van der Waals surface area contributed by atoms with Crippen LogP contribution in [0.5, 0.6) is 5.75 Å². The Bertz CT molecular complexity index is 728. The Labute approximate surface area is 108 Å². The average molecular weight is 257 g/mol. The van der Waals surface area contributed by atoms with Crippen molar-refractivity contribution in [1.82, 2.24) is 4.98 Å². The summed E-state index contributed by atoms with van der Waals surface area (Å²) in [4.78, 5) is 25.4. The van der Waals surface area contributed by atoms with Crippen molar-refractivity contribution >= 4 is 23.0 Å². The van der Waals surface area contributed by atoms with Crippen LogP contribution in [0, 0.1) is 11.3 Å². The fourth-order valence-electron chi connectivity index (χ4n) is 1.78. The van der Waals surface area contributed by atoms with Gasteiger partial charge in [0.25, 0.3) is 0 Å². The van der Waals surface area contributed by atoms with Crippen molar-refractivity contribution in [1.29, 1.82) is 5.26 Å². The minimum absolute atomic E-state index is 0.0220. The summed E-state index contributed by atoms with van der Waals surface area (Å²) >= 11 is 0. The molecule has 0 saturated carbocycles. The van der Waals surface area contributed by atoms with Crippen LogP contribution in [0.1, 0.15) is 12.5 Å². The number of benzene rings is 1. The first kappa shape index (κ1) is 12.6. The maximum atomic E-state index is 12.0. The van der Waals surface area contributed by atoms with E-state index < -0.39 is 0 Å². The van der Waals surface area contributed by atoms with Crippen molar-refractivity contribution in [3.8, 4) is 11.8 Å². The van der Waals surface area contributed by atoms with E-state index in [1.165, 1.54) is 12.3 Å². The van der Waals surface area contributed by atoms with E-state index >= 15 is 0 Å². The second kappa shape index (κ2) is 5.23. The molecule has 0 fully saturated rings. The van der Waals surface area contributed by atoms with Gasteiger partial charge in [-0.15, -0.1) is 0 Å². The normalized spacial score (nSPS) is 9.89. The molecule has 0 radical (unpaired) electrons. The van der Waals surface area contributed by atoms with Crippen LogP contribution in [0.2, 0.25) is 0 Å². The summed E-state index contributed by atoms with van der Waals surface area (Å²) in [6.45, 7) is 2.25. The highest BCUT2D eigenvalue weighted by molar-refractivity contribution is 5.89. The molecule has 6 nitrogen and oxygen atoms in total. The molecule has 2 N–H and O–H groups in total. The third kappa shape index (κ3) is 2.26. The average Bonchev–Trinajstić information content (AvgIpc) is 2.41. The Morgan fingerprint density at radius 2 is 2.32 bits per heavy atom. The molecule has 2 rings (SSSR count). The number of carbonyl (C=O) groups is 1. The van der Waals surface area contributed by atoms with Crippen LogP contribution >= 0.6 is 0 Å². The molecule has 1 aromatic carbocycles. The quantitative estimate of drug-likeness (QED) is 0.808. The number of aromatic amines is 1. The van der Waals surface area contributed by atoms with Gasteiger partial charge in [-0.1, -0.05) is 0 Å². The fourth-order valence-corrected chi connectivity index (χ4v) is 1.78. The summed E-state index contributed by atoms with van der Waals surface area (Å²) in [5, 5.41) is 11.6. The molecule has 0 bridgehead atoms. The SMILES string of the molecule is CCOc1cc2[nH]cc(C#N)c(=O)c2cc1NC=O. The van der Waals surface area contributed by atoms with Crippen LogP contribution < -0.4 is 15.5 Å². The topological polar surface area (TPSA) is 95.0 Å². The van der Waals surface area contributed by atoms with Crippen molar-refractivity contribution < 1.29 is 9.53 Å². The molecule has 0 aliphatic rings. The predicted molar refractivity (Wildman–Crippen MR) is 70.1 cm³/mol. The van der Waals surface area contributed by atoms with Crippen LogP contribution in [-0.2, 0) is 4.79 Å². The molecule has 1 aromatic heterocycles. The van der Waals surface area contributed by atoms with E-state index in [4.69, 9.17) is 10.00 Å². The van der Waals surface area contributed by atoms with E-state index in [1.54, 1.807) is 6.07 Å². The molecule has 19 heavy (non-hydrogen) atoms. The second-order valence-corrected chi connectivity index (χ2v) is 3.73. The van der Waals surface area contributed by atoms with Crippen LogP contribution in [-0.4, -0.2) is 18.0 Å². The number of H-pyrrole nitrogens is 1. The summed E-state index contributed by atoms with van der Waals surface area (Å²) in [5.74, 6) is 0.461. The summed E-state index contributed by atoms with van der Waals surface area (Å²) in [6.07, 6.45) is 1.86. The highest BCUT2D eigenvalue weighted by Gasteiger charge is 2.10. The Morgan fingerprint density at radius 1 is 1.53 bits per heavy atom. The number of rotatable bonds is 4. The summed E-state index contributed by atoms with van der Waals surface area (Å²) < 4.78 is 5.39. The molecule has 1 heterocycles. The largest absolute Gasteiger partial charge is 0.492 e. The van der Waals surface area contributed by atoms with Crippen molar-refractivity contribution in [3.63, 3.8) is 0 Å². The lowest BCUT2D eigenvalue weighted by molar-refractivity contribution is -0.105. The predicted octanol–water partition coefficient (Wildman–Crippen LogP) is 1.37.